The lowest BCUT2D eigenvalue weighted by atomic mass is 9.55. The van der Waals surface area contributed by atoms with Gasteiger partial charge in [-0.25, -0.2) is 0 Å². The normalized spacial score (nSPS) is 23.7. The number of para-hydroxylation sites is 6. The number of hydrogen-bond acceptors (Lipinski definition) is 6. The molecular formula is C102H84N6. The topological polar surface area (TPSA) is 77.3 Å². The molecule has 4 saturated carbocycles. The lowest BCUT2D eigenvalue weighted by Crippen LogP contribution is -2.38. The molecule has 18 aromatic rings. The number of rotatable bonds is 9. The molecule has 108 heavy (non-hydrogen) atoms. The average molecular weight is 1390 g/mol. The third-order valence-corrected chi connectivity index (χ3v) is 27.6. The third kappa shape index (κ3) is 10.8. The molecule has 0 bridgehead atoms. The van der Waals surface area contributed by atoms with Crippen molar-refractivity contribution < 1.29 is 0 Å². The van der Waals surface area contributed by atoms with Gasteiger partial charge in [-0.3, -0.25) is 29.9 Å². The first-order valence-corrected chi connectivity index (χ1v) is 40.1. The van der Waals surface area contributed by atoms with Crippen molar-refractivity contribution >= 4 is 130 Å². The van der Waals surface area contributed by atoms with E-state index in [9.17, 15) is 0 Å². The highest BCUT2D eigenvalue weighted by Gasteiger charge is 2.47. The average Bonchev–Trinajstić information content (AvgIpc) is 0.756. The zero-order chi connectivity index (χ0) is 70.9. The SMILES string of the molecule is c1ccc2c(c1)cnc1c(C3CC(c4cccc5c4ncc4ccccc45)CC(C4CC(c5cccc6c5ncc5ccccc56)CC(C5CC(c6cccc7c6ncc6ccccc67)CC(C6CC(c7cccc8c7ncc7ccccc78)CC(c7cccc8c7ncc7ccccc78)C6)C5)C4)C3)cccc12. The van der Waals surface area contributed by atoms with Crippen LogP contribution >= 0.6 is 0 Å². The monoisotopic (exact) mass is 1390 g/mol. The van der Waals surface area contributed by atoms with E-state index in [0.29, 0.717) is 71.0 Å². The van der Waals surface area contributed by atoms with Gasteiger partial charge in [-0.05, 0) is 214 Å². The van der Waals surface area contributed by atoms with Crippen molar-refractivity contribution in [3.63, 3.8) is 0 Å². The Morgan fingerprint density at radius 3 is 0.500 bits per heavy atom. The zero-order valence-corrected chi connectivity index (χ0v) is 60.8. The summed E-state index contributed by atoms with van der Waals surface area (Å²) in [6.07, 6.45) is 26.5. The quantitative estimate of drug-likeness (QED) is 0.134. The van der Waals surface area contributed by atoms with E-state index in [-0.39, 0.29) is 0 Å². The molecule has 0 saturated heterocycles. The summed E-state index contributed by atoms with van der Waals surface area (Å²) < 4.78 is 0. The minimum Gasteiger partial charge on any atom is -0.255 e. The van der Waals surface area contributed by atoms with Crippen molar-refractivity contribution in [1.82, 2.24) is 29.9 Å². The van der Waals surface area contributed by atoms with Crippen molar-refractivity contribution in [1.29, 1.82) is 0 Å². The van der Waals surface area contributed by atoms with Crippen LogP contribution in [0.25, 0.3) is 130 Å². The van der Waals surface area contributed by atoms with Crippen molar-refractivity contribution in [3.05, 3.63) is 325 Å². The van der Waals surface area contributed by atoms with Gasteiger partial charge in [0.1, 0.15) is 0 Å². The fraction of sp³-hybridized carbons (Fsp3) is 0.235. The van der Waals surface area contributed by atoms with E-state index in [0.717, 1.165) is 86.3 Å². The summed E-state index contributed by atoms with van der Waals surface area (Å²) in [6.45, 7) is 0. The summed E-state index contributed by atoms with van der Waals surface area (Å²) in [6, 6.07) is 96.2. The largest absolute Gasteiger partial charge is 0.255 e. The maximum Gasteiger partial charge on any atom is 0.0743 e. The minimum absolute atomic E-state index is 0.295. The molecule has 4 aliphatic rings. The zero-order valence-electron chi connectivity index (χ0n) is 60.8. The Balaban J connectivity index is 0.706. The standard InChI is InChI=1S/C102H84N6/c1-7-25-79-61(19-1)55-103-97-85(31-13-37-91(79)97)73-45-67(43-69(47-73)71-49-75(87-33-15-39-93-81-27-9-3-21-63(81)57-105-99(87)93)53-76(50-71)88-34-16-40-94-82-28-10-4-22-64(82)58-106-100(88)94)68-44-70(48-74(46-68)86-32-14-38-92-80-26-8-2-20-62(80)56-104-98(86)92)72-51-77(89-35-17-41-95-83-29-11-5-23-65(83)59-107-101(89)95)54-78(52-72)90-36-18-42-96-84-30-12-6-24-66(84)60-108-102(90)96/h1-42,55-60,67-78H,43-54H2. The molecule has 4 fully saturated rings. The summed E-state index contributed by atoms with van der Waals surface area (Å²) in [7, 11) is 0. The lowest BCUT2D eigenvalue weighted by molar-refractivity contribution is 0.0538. The fourth-order valence-corrected chi connectivity index (χ4v) is 22.8. The third-order valence-electron chi connectivity index (χ3n) is 27.6. The van der Waals surface area contributed by atoms with Gasteiger partial charge in [0.2, 0.25) is 0 Å². The molecule has 0 radical (unpaired) electrons. The predicted octanol–water partition coefficient (Wildman–Crippen LogP) is 26.3. The minimum atomic E-state index is 0.295. The molecule has 0 aliphatic heterocycles. The molecule has 12 aromatic carbocycles. The van der Waals surface area contributed by atoms with Crippen LogP contribution < -0.4 is 0 Å². The Morgan fingerprint density at radius 1 is 0.148 bits per heavy atom. The number of benzene rings is 12. The van der Waals surface area contributed by atoms with Crippen molar-refractivity contribution in [2.75, 3.05) is 0 Å². The van der Waals surface area contributed by atoms with E-state index in [1.54, 1.807) is 0 Å². The molecule has 6 nitrogen and oxygen atoms in total. The van der Waals surface area contributed by atoms with E-state index < -0.39 is 0 Å². The maximum absolute atomic E-state index is 5.54. The van der Waals surface area contributed by atoms with Crippen LogP contribution in [-0.4, -0.2) is 29.9 Å². The van der Waals surface area contributed by atoms with E-state index in [4.69, 9.17) is 29.9 Å². The molecule has 6 aromatic heterocycles. The van der Waals surface area contributed by atoms with Gasteiger partial charge in [0.05, 0.1) is 33.1 Å². The summed E-state index contributed by atoms with van der Waals surface area (Å²) in [4.78, 5) is 32.9. The molecule has 0 amide bonds. The summed E-state index contributed by atoms with van der Waals surface area (Å²) in [5, 5.41) is 22.4. The van der Waals surface area contributed by atoms with Gasteiger partial charge >= 0.3 is 0 Å². The Morgan fingerprint density at radius 2 is 0.306 bits per heavy atom. The van der Waals surface area contributed by atoms with E-state index in [1.807, 2.05) is 0 Å². The predicted molar refractivity (Wildman–Crippen MR) is 448 cm³/mol. The second-order valence-electron chi connectivity index (χ2n) is 33.1. The second-order valence-corrected chi connectivity index (χ2v) is 33.1. The van der Waals surface area contributed by atoms with Crippen LogP contribution in [0.5, 0.6) is 0 Å². The van der Waals surface area contributed by atoms with E-state index in [2.05, 4.69) is 292 Å². The first kappa shape index (κ1) is 63.9. The number of aromatic nitrogens is 6. The highest BCUT2D eigenvalue weighted by molar-refractivity contribution is 6.11. The highest BCUT2D eigenvalue weighted by Crippen LogP contribution is 2.60. The highest BCUT2D eigenvalue weighted by atomic mass is 14.7. The Hall–Kier alpha value is -11.3. The van der Waals surface area contributed by atoms with Crippen LogP contribution in [0.4, 0.5) is 0 Å². The Kier molecular flexibility index (Phi) is 15.5. The molecule has 6 heterocycles. The number of fused-ring (bicyclic) bond motifs is 18. The van der Waals surface area contributed by atoms with Gasteiger partial charge in [-0.1, -0.05) is 255 Å². The van der Waals surface area contributed by atoms with Crippen LogP contribution in [0.15, 0.2) is 292 Å². The molecular weight excluding hydrogens is 1310 g/mol. The lowest BCUT2D eigenvalue weighted by Gasteiger charge is -2.49. The van der Waals surface area contributed by atoms with Crippen molar-refractivity contribution in [2.45, 2.75) is 113 Å². The summed E-state index contributed by atoms with van der Waals surface area (Å²) in [5.41, 5.74) is 15.5. The van der Waals surface area contributed by atoms with Gasteiger partial charge in [-0.2, -0.15) is 0 Å². The molecule has 6 heteroatoms. The smallest absolute Gasteiger partial charge is 0.0743 e. The van der Waals surface area contributed by atoms with Gasteiger partial charge < -0.3 is 0 Å². The van der Waals surface area contributed by atoms with Crippen LogP contribution in [0.2, 0.25) is 0 Å². The first-order valence-electron chi connectivity index (χ1n) is 40.1. The fourth-order valence-electron chi connectivity index (χ4n) is 22.8. The van der Waals surface area contributed by atoms with Crippen molar-refractivity contribution in [2.24, 2.45) is 35.5 Å². The van der Waals surface area contributed by atoms with Gasteiger partial charge in [-0.15, -0.1) is 0 Å². The van der Waals surface area contributed by atoms with Gasteiger partial charge in [0, 0.05) is 102 Å². The molecule has 0 N–H and O–H groups in total. The number of nitrogens with zero attached hydrogens (tertiary/aromatic N) is 6. The van der Waals surface area contributed by atoms with Crippen LogP contribution in [-0.2, 0) is 0 Å². The molecule has 0 spiro atoms. The van der Waals surface area contributed by atoms with E-state index >= 15 is 0 Å². The van der Waals surface area contributed by atoms with Gasteiger partial charge in [0.15, 0.2) is 0 Å². The molecule has 22 rings (SSSR count). The van der Waals surface area contributed by atoms with Crippen molar-refractivity contribution in [3.8, 4) is 0 Å². The Bertz CT molecular complexity index is 5970. The molecule has 4 aliphatic carbocycles. The molecule has 10 atom stereocenters. The second kappa shape index (κ2) is 26.3. The summed E-state index contributed by atoms with van der Waals surface area (Å²) in [5.74, 6) is 4.55. The Labute approximate surface area is 629 Å². The number of pyridine rings is 6. The van der Waals surface area contributed by atoms with E-state index in [1.165, 1.54) is 154 Å². The first-order chi connectivity index (χ1) is 53.5. The number of hydrogen-bond donors (Lipinski definition) is 0. The summed E-state index contributed by atoms with van der Waals surface area (Å²) >= 11 is 0. The molecule has 522 valence electrons. The van der Waals surface area contributed by atoms with Gasteiger partial charge in [0.25, 0.3) is 0 Å². The van der Waals surface area contributed by atoms with Crippen LogP contribution in [0.1, 0.15) is 146 Å². The van der Waals surface area contributed by atoms with Crippen LogP contribution in [0, 0.1) is 35.5 Å². The molecule has 10 unspecified atom stereocenters. The maximum atomic E-state index is 5.54. The van der Waals surface area contributed by atoms with Crippen LogP contribution in [0.3, 0.4) is 0 Å².